The molecule has 0 aliphatic carbocycles. The second-order valence-corrected chi connectivity index (χ2v) is 6.31. The van der Waals surface area contributed by atoms with E-state index >= 15 is 0 Å². The first-order chi connectivity index (χ1) is 12.4. The second-order valence-electron chi connectivity index (χ2n) is 5.91. The molecule has 0 saturated heterocycles. The Morgan fingerprint density at radius 3 is 2.65 bits per heavy atom. The molecule has 0 radical (unpaired) electrons. The van der Waals surface area contributed by atoms with Gasteiger partial charge in [0.2, 0.25) is 5.95 Å². The Bertz CT molecular complexity index is 938. The van der Waals surface area contributed by atoms with E-state index in [1.54, 1.807) is 13.0 Å². The average Bonchev–Trinajstić information content (AvgIpc) is 2.65. The maximum absolute atomic E-state index is 13.6. The van der Waals surface area contributed by atoms with Gasteiger partial charge in [0, 0.05) is 5.69 Å². The van der Waals surface area contributed by atoms with Crippen molar-refractivity contribution in [2.24, 2.45) is 0 Å². The van der Waals surface area contributed by atoms with E-state index < -0.39 is 11.4 Å². The van der Waals surface area contributed by atoms with Crippen LogP contribution in [-0.4, -0.2) is 48.9 Å². The fourth-order valence-corrected chi connectivity index (χ4v) is 2.23. The summed E-state index contributed by atoms with van der Waals surface area (Å²) >= 11 is 5.69. The highest BCUT2D eigenvalue weighted by atomic mass is 35.5. The summed E-state index contributed by atoms with van der Waals surface area (Å²) in [4.78, 5) is 16.7. The van der Waals surface area contributed by atoms with Gasteiger partial charge in [-0.25, -0.2) is 24.3 Å². The highest BCUT2D eigenvalue weighted by Crippen LogP contribution is 2.25. The van der Waals surface area contributed by atoms with Crippen LogP contribution in [0.5, 0.6) is 0 Å². The number of fused-ring (bicyclic) bond motifs is 1. The molecule has 0 unspecified atom stereocenters. The molecule has 136 valence electrons. The number of hydrogen-bond acceptors (Lipinski definition) is 8. The largest absolute Gasteiger partial charge is 0.394 e. The fourth-order valence-electron chi connectivity index (χ4n) is 2.12. The number of rotatable bonds is 6. The lowest BCUT2D eigenvalue weighted by atomic mass is 10.1. The van der Waals surface area contributed by atoms with E-state index in [0.717, 1.165) is 0 Å². The fraction of sp³-hybridized carbons (Fsp3) is 0.250. The first-order valence-corrected chi connectivity index (χ1v) is 8.01. The molecule has 0 atom stereocenters. The van der Waals surface area contributed by atoms with Crippen LogP contribution in [0.4, 0.5) is 21.8 Å². The molecule has 0 spiro atoms. The molecular formula is C16H16ClFN6O2. The van der Waals surface area contributed by atoms with Crippen LogP contribution in [0.15, 0.2) is 30.7 Å². The Hall–Kier alpha value is -2.62. The van der Waals surface area contributed by atoms with Gasteiger partial charge in [-0.15, -0.1) is 0 Å². The van der Waals surface area contributed by atoms with Crippen LogP contribution in [0.1, 0.15) is 6.92 Å². The van der Waals surface area contributed by atoms with Crippen molar-refractivity contribution in [1.29, 1.82) is 0 Å². The van der Waals surface area contributed by atoms with Crippen molar-refractivity contribution in [3.05, 3.63) is 41.6 Å². The van der Waals surface area contributed by atoms with E-state index in [4.69, 9.17) is 11.6 Å². The lowest BCUT2D eigenvalue weighted by Gasteiger charge is -2.26. The molecule has 4 N–H and O–H groups in total. The number of nitrogens with one attached hydrogen (secondary N) is 2. The number of aliphatic hydroxyl groups excluding tert-OH is 2. The van der Waals surface area contributed by atoms with Crippen molar-refractivity contribution < 1.29 is 14.6 Å². The second kappa shape index (κ2) is 7.32. The van der Waals surface area contributed by atoms with Crippen molar-refractivity contribution in [3.63, 3.8) is 0 Å². The van der Waals surface area contributed by atoms with Gasteiger partial charge in [0.15, 0.2) is 5.82 Å². The van der Waals surface area contributed by atoms with Gasteiger partial charge in [-0.05, 0) is 25.1 Å². The highest BCUT2D eigenvalue weighted by molar-refractivity contribution is 6.30. The average molecular weight is 379 g/mol. The summed E-state index contributed by atoms with van der Waals surface area (Å²) in [7, 11) is 0. The van der Waals surface area contributed by atoms with Crippen LogP contribution in [0, 0.1) is 5.82 Å². The summed E-state index contributed by atoms with van der Waals surface area (Å²) in [5.74, 6) is -0.0335. The zero-order valence-corrected chi connectivity index (χ0v) is 14.5. The number of nitrogens with zero attached hydrogens (tertiary/aromatic N) is 4. The Morgan fingerprint density at radius 2 is 1.96 bits per heavy atom. The van der Waals surface area contributed by atoms with Gasteiger partial charge in [0.25, 0.3) is 0 Å². The standard InChI is InChI=1S/C16H16ClFN6O2/c1-16(6-25,7-26)24-15-19-5-12-13(23-15)14(21-8-20-12)22-9-2-3-10(17)11(18)4-9/h2-5,8,25-26H,6-7H2,1H3,(H,19,23,24)(H,20,21,22). The summed E-state index contributed by atoms with van der Waals surface area (Å²) in [6.45, 7) is 0.994. The lowest BCUT2D eigenvalue weighted by Crippen LogP contribution is -2.43. The summed E-state index contributed by atoms with van der Waals surface area (Å²) < 4.78 is 13.6. The smallest absolute Gasteiger partial charge is 0.224 e. The van der Waals surface area contributed by atoms with E-state index in [1.807, 2.05) is 0 Å². The minimum atomic E-state index is -0.990. The minimum Gasteiger partial charge on any atom is -0.394 e. The Kier molecular flexibility index (Phi) is 5.12. The van der Waals surface area contributed by atoms with Crippen molar-refractivity contribution in [3.8, 4) is 0 Å². The maximum atomic E-state index is 13.6. The predicted molar refractivity (Wildman–Crippen MR) is 96.0 cm³/mol. The van der Waals surface area contributed by atoms with E-state index in [1.165, 1.54) is 24.7 Å². The SMILES string of the molecule is CC(CO)(CO)Nc1ncc2ncnc(Nc3ccc(Cl)c(F)c3)c2n1. The zero-order chi connectivity index (χ0) is 18.7. The van der Waals surface area contributed by atoms with E-state index in [-0.39, 0.29) is 24.2 Å². The molecule has 0 aliphatic heterocycles. The minimum absolute atomic E-state index is 0.0178. The molecule has 3 rings (SSSR count). The number of aliphatic hydroxyl groups is 2. The molecular weight excluding hydrogens is 363 g/mol. The van der Waals surface area contributed by atoms with Gasteiger partial charge in [-0.1, -0.05) is 11.6 Å². The number of aromatic nitrogens is 4. The third kappa shape index (κ3) is 3.79. The predicted octanol–water partition coefficient (Wildman–Crippen LogP) is 2.11. The third-order valence-corrected chi connectivity index (χ3v) is 3.98. The highest BCUT2D eigenvalue weighted by Gasteiger charge is 2.23. The van der Waals surface area contributed by atoms with Crippen LogP contribution in [-0.2, 0) is 0 Å². The van der Waals surface area contributed by atoms with Gasteiger partial charge in [0.1, 0.15) is 23.2 Å². The molecule has 0 amide bonds. The van der Waals surface area contributed by atoms with Crippen LogP contribution < -0.4 is 10.6 Å². The van der Waals surface area contributed by atoms with Crippen LogP contribution >= 0.6 is 11.6 Å². The lowest BCUT2D eigenvalue weighted by molar-refractivity contribution is 0.147. The van der Waals surface area contributed by atoms with Gasteiger partial charge >= 0.3 is 0 Å². The summed E-state index contributed by atoms with van der Waals surface area (Å²) in [6, 6.07) is 4.28. The van der Waals surface area contributed by atoms with Gasteiger partial charge in [0.05, 0.1) is 30.0 Å². The molecule has 8 nitrogen and oxygen atoms in total. The Balaban J connectivity index is 1.97. The molecule has 0 fully saturated rings. The summed E-state index contributed by atoms with van der Waals surface area (Å²) in [5, 5.41) is 24.6. The topological polar surface area (TPSA) is 116 Å². The molecule has 2 aromatic heterocycles. The number of halogens is 2. The van der Waals surface area contributed by atoms with Gasteiger partial charge < -0.3 is 20.8 Å². The van der Waals surface area contributed by atoms with E-state index in [0.29, 0.717) is 22.5 Å². The van der Waals surface area contributed by atoms with Crippen molar-refractivity contribution in [2.75, 3.05) is 23.8 Å². The molecule has 0 bridgehead atoms. The number of anilines is 3. The molecule has 2 heterocycles. The number of benzene rings is 1. The molecule has 3 aromatic rings. The summed E-state index contributed by atoms with van der Waals surface area (Å²) in [5.41, 5.74) is 0.308. The van der Waals surface area contributed by atoms with Gasteiger partial charge in [-0.2, -0.15) is 0 Å². The molecule has 26 heavy (non-hydrogen) atoms. The van der Waals surface area contributed by atoms with Crippen molar-refractivity contribution in [2.45, 2.75) is 12.5 Å². The number of hydrogen-bond donors (Lipinski definition) is 4. The van der Waals surface area contributed by atoms with Crippen molar-refractivity contribution >= 4 is 40.1 Å². The van der Waals surface area contributed by atoms with E-state index in [2.05, 4.69) is 30.6 Å². The normalized spacial score (nSPS) is 11.6. The van der Waals surface area contributed by atoms with Crippen LogP contribution in [0.2, 0.25) is 5.02 Å². The summed E-state index contributed by atoms with van der Waals surface area (Å²) in [6.07, 6.45) is 2.81. The van der Waals surface area contributed by atoms with E-state index in [9.17, 15) is 14.6 Å². The molecule has 10 heteroatoms. The zero-order valence-electron chi connectivity index (χ0n) is 13.7. The first kappa shape index (κ1) is 18.2. The first-order valence-electron chi connectivity index (χ1n) is 7.64. The molecule has 0 saturated carbocycles. The van der Waals surface area contributed by atoms with Crippen molar-refractivity contribution in [1.82, 2.24) is 19.9 Å². The quantitative estimate of drug-likeness (QED) is 0.515. The monoisotopic (exact) mass is 378 g/mol. The molecule has 0 aliphatic rings. The Morgan fingerprint density at radius 1 is 1.19 bits per heavy atom. The molecule has 1 aromatic carbocycles. The third-order valence-electron chi connectivity index (χ3n) is 3.67. The maximum Gasteiger partial charge on any atom is 0.224 e. The van der Waals surface area contributed by atoms with Crippen LogP contribution in [0.3, 0.4) is 0 Å². The Labute approximate surface area is 153 Å². The van der Waals surface area contributed by atoms with Gasteiger partial charge in [-0.3, -0.25) is 0 Å². The van der Waals surface area contributed by atoms with Crippen LogP contribution in [0.25, 0.3) is 11.0 Å².